The van der Waals surface area contributed by atoms with Gasteiger partial charge in [0.1, 0.15) is 5.82 Å². The Kier molecular flexibility index (Phi) is 5.46. The molecule has 2 aromatic carbocycles. The van der Waals surface area contributed by atoms with E-state index in [0.29, 0.717) is 22.5 Å². The molecule has 1 nitrogen and oxygen atoms in total. The van der Waals surface area contributed by atoms with Gasteiger partial charge in [-0.2, -0.15) is 0 Å². The molecule has 0 aliphatic rings. The Bertz CT molecular complexity index is 586. The van der Waals surface area contributed by atoms with E-state index in [1.807, 2.05) is 30.3 Å². The van der Waals surface area contributed by atoms with Crippen molar-refractivity contribution in [3.63, 3.8) is 0 Å². The third kappa shape index (κ3) is 4.23. The van der Waals surface area contributed by atoms with E-state index in [4.69, 9.17) is 11.6 Å². The summed E-state index contributed by atoms with van der Waals surface area (Å²) in [6.07, 6.45) is 0. The van der Waals surface area contributed by atoms with Crippen molar-refractivity contribution in [2.45, 2.75) is 36.2 Å². The van der Waals surface area contributed by atoms with Gasteiger partial charge in [-0.1, -0.05) is 55.4 Å². The minimum Gasteiger partial charge on any atom is -0.310 e. The first-order chi connectivity index (χ1) is 9.56. The van der Waals surface area contributed by atoms with Crippen LogP contribution >= 0.6 is 23.4 Å². The van der Waals surface area contributed by atoms with Gasteiger partial charge in [-0.3, -0.25) is 0 Å². The molecule has 2 aromatic rings. The predicted molar refractivity (Wildman–Crippen MR) is 84.0 cm³/mol. The summed E-state index contributed by atoms with van der Waals surface area (Å²) in [4.78, 5) is 1.45. The van der Waals surface area contributed by atoms with E-state index in [-0.39, 0.29) is 5.82 Å². The first kappa shape index (κ1) is 15.4. The van der Waals surface area contributed by atoms with E-state index < -0.39 is 0 Å². The SMILES string of the molecule is CC(C)NCc1ccc(Sc2ccccc2Cl)c(F)c1. The molecule has 0 aliphatic carbocycles. The zero-order valence-corrected chi connectivity index (χ0v) is 13.1. The second-order valence-electron chi connectivity index (χ2n) is 4.83. The maximum Gasteiger partial charge on any atom is 0.137 e. The van der Waals surface area contributed by atoms with E-state index in [0.717, 1.165) is 10.5 Å². The molecule has 0 radical (unpaired) electrons. The molecule has 0 amide bonds. The Hall–Kier alpha value is -1.03. The molecule has 0 fully saturated rings. The molecule has 2 rings (SSSR count). The second kappa shape index (κ2) is 7.11. The molecule has 0 saturated carbocycles. The Morgan fingerprint density at radius 1 is 1.15 bits per heavy atom. The lowest BCUT2D eigenvalue weighted by Crippen LogP contribution is -2.21. The Morgan fingerprint density at radius 2 is 1.90 bits per heavy atom. The fourth-order valence-corrected chi connectivity index (χ4v) is 2.80. The average Bonchev–Trinajstić information content (AvgIpc) is 2.41. The summed E-state index contributed by atoms with van der Waals surface area (Å²) in [6, 6.07) is 13.2. The van der Waals surface area contributed by atoms with E-state index in [1.165, 1.54) is 11.8 Å². The van der Waals surface area contributed by atoms with Crippen molar-refractivity contribution in [2.24, 2.45) is 0 Å². The highest BCUT2D eigenvalue weighted by Crippen LogP contribution is 2.34. The topological polar surface area (TPSA) is 12.0 Å². The van der Waals surface area contributed by atoms with E-state index in [2.05, 4.69) is 19.2 Å². The van der Waals surface area contributed by atoms with Gasteiger partial charge in [-0.15, -0.1) is 0 Å². The van der Waals surface area contributed by atoms with Crippen molar-refractivity contribution in [2.75, 3.05) is 0 Å². The van der Waals surface area contributed by atoms with Crippen LogP contribution in [0.4, 0.5) is 4.39 Å². The lowest BCUT2D eigenvalue weighted by atomic mass is 10.2. The van der Waals surface area contributed by atoms with Gasteiger partial charge in [0.25, 0.3) is 0 Å². The van der Waals surface area contributed by atoms with Gasteiger partial charge in [0.05, 0.1) is 5.02 Å². The van der Waals surface area contributed by atoms with Crippen LogP contribution in [0.2, 0.25) is 5.02 Å². The van der Waals surface area contributed by atoms with Crippen LogP contribution in [0.5, 0.6) is 0 Å². The highest BCUT2D eigenvalue weighted by atomic mass is 35.5. The second-order valence-corrected chi connectivity index (χ2v) is 6.32. The van der Waals surface area contributed by atoms with Crippen molar-refractivity contribution in [3.05, 3.63) is 58.9 Å². The normalized spacial score (nSPS) is 11.1. The fraction of sp³-hybridized carbons (Fsp3) is 0.250. The number of benzene rings is 2. The Labute approximate surface area is 128 Å². The van der Waals surface area contributed by atoms with E-state index in [9.17, 15) is 4.39 Å². The van der Waals surface area contributed by atoms with Crippen LogP contribution in [0.25, 0.3) is 0 Å². The fourth-order valence-electron chi connectivity index (χ4n) is 1.71. The lowest BCUT2D eigenvalue weighted by Gasteiger charge is -2.10. The highest BCUT2D eigenvalue weighted by Gasteiger charge is 2.08. The van der Waals surface area contributed by atoms with Crippen molar-refractivity contribution in [1.82, 2.24) is 5.32 Å². The number of hydrogen-bond donors (Lipinski definition) is 1. The van der Waals surface area contributed by atoms with Gasteiger partial charge in [-0.25, -0.2) is 4.39 Å². The lowest BCUT2D eigenvalue weighted by molar-refractivity contribution is 0.574. The Morgan fingerprint density at radius 3 is 2.55 bits per heavy atom. The van der Waals surface area contributed by atoms with Crippen LogP contribution in [0.15, 0.2) is 52.3 Å². The van der Waals surface area contributed by atoms with Gasteiger partial charge >= 0.3 is 0 Å². The minimum absolute atomic E-state index is 0.210. The van der Waals surface area contributed by atoms with E-state index >= 15 is 0 Å². The summed E-state index contributed by atoms with van der Waals surface area (Å²) in [5.41, 5.74) is 0.944. The molecule has 0 unspecified atom stereocenters. The zero-order chi connectivity index (χ0) is 14.5. The molecular formula is C16H17ClFNS. The van der Waals surface area contributed by atoms with Crippen molar-refractivity contribution in [3.8, 4) is 0 Å². The standard InChI is InChI=1S/C16H17ClFNS/c1-11(2)19-10-12-7-8-16(14(18)9-12)20-15-6-4-3-5-13(15)17/h3-9,11,19H,10H2,1-2H3. The summed E-state index contributed by atoms with van der Waals surface area (Å²) >= 11 is 7.44. The number of halogens is 2. The van der Waals surface area contributed by atoms with Crippen LogP contribution in [0, 0.1) is 5.82 Å². The van der Waals surface area contributed by atoms with Crippen molar-refractivity contribution < 1.29 is 4.39 Å². The summed E-state index contributed by atoms with van der Waals surface area (Å²) in [6.45, 7) is 4.81. The van der Waals surface area contributed by atoms with Crippen LogP contribution in [-0.2, 0) is 6.54 Å². The minimum atomic E-state index is -0.210. The van der Waals surface area contributed by atoms with Gasteiger partial charge in [0, 0.05) is 22.4 Å². The molecule has 0 aromatic heterocycles. The molecule has 106 valence electrons. The van der Waals surface area contributed by atoms with Crippen LogP contribution in [-0.4, -0.2) is 6.04 Å². The number of rotatable bonds is 5. The summed E-state index contributed by atoms with van der Waals surface area (Å²) in [7, 11) is 0. The third-order valence-electron chi connectivity index (χ3n) is 2.77. The smallest absolute Gasteiger partial charge is 0.137 e. The number of nitrogens with one attached hydrogen (secondary N) is 1. The molecule has 0 saturated heterocycles. The van der Waals surface area contributed by atoms with Gasteiger partial charge in [-0.05, 0) is 29.8 Å². The van der Waals surface area contributed by atoms with E-state index in [1.54, 1.807) is 12.1 Å². The molecule has 0 atom stereocenters. The van der Waals surface area contributed by atoms with Gasteiger partial charge in [0.2, 0.25) is 0 Å². The monoisotopic (exact) mass is 309 g/mol. The highest BCUT2D eigenvalue weighted by molar-refractivity contribution is 7.99. The largest absolute Gasteiger partial charge is 0.310 e. The van der Waals surface area contributed by atoms with Crippen LogP contribution in [0.3, 0.4) is 0 Å². The molecule has 4 heteroatoms. The maximum atomic E-state index is 14.1. The van der Waals surface area contributed by atoms with Crippen LogP contribution in [0.1, 0.15) is 19.4 Å². The quantitative estimate of drug-likeness (QED) is 0.822. The first-order valence-corrected chi connectivity index (χ1v) is 7.70. The zero-order valence-electron chi connectivity index (χ0n) is 11.5. The summed E-state index contributed by atoms with van der Waals surface area (Å²) < 4.78 is 14.1. The molecule has 0 heterocycles. The van der Waals surface area contributed by atoms with Crippen LogP contribution < -0.4 is 5.32 Å². The molecule has 1 N–H and O–H groups in total. The maximum absolute atomic E-state index is 14.1. The molecule has 0 bridgehead atoms. The van der Waals surface area contributed by atoms with Gasteiger partial charge < -0.3 is 5.32 Å². The van der Waals surface area contributed by atoms with Crippen molar-refractivity contribution >= 4 is 23.4 Å². The third-order valence-corrected chi connectivity index (χ3v) is 4.34. The Balaban J connectivity index is 2.12. The molecule has 0 aliphatic heterocycles. The first-order valence-electron chi connectivity index (χ1n) is 6.50. The predicted octanol–water partition coefficient (Wildman–Crippen LogP) is 5.13. The molecule has 20 heavy (non-hydrogen) atoms. The molecular weight excluding hydrogens is 293 g/mol. The van der Waals surface area contributed by atoms with Crippen molar-refractivity contribution in [1.29, 1.82) is 0 Å². The summed E-state index contributed by atoms with van der Waals surface area (Å²) in [5, 5.41) is 3.91. The van der Waals surface area contributed by atoms with Gasteiger partial charge in [0.15, 0.2) is 0 Å². The molecule has 0 spiro atoms. The number of hydrogen-bond acceptors (Lipinski definition) is 2. The average molecular weight is 310 g/mol. The summed E-state index contributed by atoms with van der Waals surface area (Å²) in [5.74, 6) is -0.210.